The van der Waals surface area contributed by atoms with Gasteiger partial charge in [0.25, 0.3) is 5.69 Å². The molecule has 1 aromatic carbocycles. The minimum Gasteiger partial charge on any atom is -0.368 e. The number of anilines is 1. The molecule has 1 heterocycles. The van der Waals surface area contributed by atoms with Crippen LogP contribution in [0.1, 0.15) is 12.0 Å². The second kappa shape index (κ2) is 4.64. The number of nitrogens with one attached hydrogen (secondary N) is 1. The fraction of sp³-hybridized carbons (Fsp3) is 0.417. The maximum absolute atomic E-state index is 11.8. The smallest absolute Gasteiger partial charge is 0.295 e. The van der Waals surface area contributed by atoms with Gasteiger partial charge in [-0.25, -0.2) is 0 Å². The fourth-order valence-corrected chi connectivity index (χ4v) is 2.16. The van der Waals surface area contributed by atoms with Crippen LogP contribution in [0.25, 0.3) is 0 Å². The van der Waals surface area contributed by atoms with Crippen molar-refractivity contribution in [3.63, 3.8) is 0 Å². The van der Waals surface area contributed by atoms with Crippen molar-refractivity contribution < 1.29 is 9.72 Å². The highest BCUT2D eigenvalue weighted by molar-refractivity contribution is 5.87. The number of nitro benzene ring substituents is 1. The van der Waals surface area contributed by atoms with E-state index in [1.54, 1.807) is 37.1 Å². The zero-order chi connectivity index (χ0) is 13.3. The number of rotatable bonds is 3. The quantitative estimate of drug-likeness (QED) is 0.651. The van der Waals surface area contributed by atoms with Gasteiger partial charge < -0.3 is 10.2 Å². The van der Waals surface area contributed by atoms with E-state index in [1.807, 2.05) is 0 Å². The first-order chi connectivity index (χ1) is 8.50. The van der Waals surface area contributed by atoms with Gasteiger partial charge in [-0.05, 0) is 19.4 Å². The summed E-state index contributed by atoms with van der Waals surface area (Å²) in [6.07, 6.45) is 0.667. The van der Waals surface area contributed by atoms with E-state index in [4.69, 9.17) is 0 Å². The molecule has 1 fully saturated rings. The van der Waals surface area contributed by atoms with Crippen molar-refractivity contribution in [2.45, 2.75) is 19.4 Å². The number of likely N-dealkylation sites (N-methyl/N-ethyl adjacent to an activating group) is 1. The molecule has 1 aliphatic heterocycles. The third-order valence-corrected chi connectivity index (χ3v) is 3.18. The molecule has 0 aromatic heterocycles. The van der Waals surface area contributed by atoms with E-state index in [0.717, 1.165) is 0 Å². The van der Waals surface area contributed by atoms with Crippen molar-refractivity contribution in [2.75, 3.05) is 18.9 Å². The normalized spacial score (nSPS) is 19.1. The summed E-state index contributed by atoms with van der Waals surface area (Å²) in [6.45, 7) is 2.36. The van der Waals surface area contributed by atoms with Crippen LogP contribution in [0.2, 0.25) is 0 Å². The molecule has 2 rings (SSSR count). The number of benzene rings is 1. The van der Waals surface area contributed by atoms with E-state index in [2.05, 4.69) is 5.32 Å². The second-order valence-electron chi connectivity index (χ2n) is 4.47. The molecule has 0 radical (unpaired) electrons. The lowest BCUT2D eigenvalue weighted by molar-refractivity contribution is -0.384. The van der Waals surface area contributed by atoms with Gasteiger partial charge in [0, 0.05) is 19.2 Å². The third kappa shape index (κ3) is 2.13. The van der Waals surface area contributed by atoms with Gasteiger partial charge in [0.05, 0.1) is 4.92 Å². The minimum atomic E-state index is -0.416. The van der Waals surface area contributed by atoms with Crippen LogP contribution >= 0.6 is 0 Å². The molecule has 0 bridgehead atoms. The van der Waals surface area contributed by atoms with E-state index >= 15 is 0 Å². The van der Waals surface area contributed by atoms with Gasteiger partial charge in [-0.2, -0.15) is 0 Å². The number of nitrogens with zero attached hydrogens (tertiary/aromatic N) is 2. The Bertz CT molecular complexity index is 501. The molecule has 1 saturated heterocycles. The largest absolute Gasteiger partial charge is 0.368 e. The van der Waals surface area contributed by atoms with Crippen molar-refractivity contribution in [2.24, 2.45) is 0 Å². The molecule has 1 atom stereocenters. The van der Waals surface area contributed by atoms with Gasteiger partial charge in [0.15, 0.2) is 0 Å². The molecule has 0 spiro atoms. The molecule has 0 aliphatic carbocycles. The summed E-state index contributed by atoms with van der Waals surface area (Å²) >= 11 is 0. The highest BCUT2D eigenvalue weighted by atomic mass is 16.6. The Morgan fingerprint density at radius 3 is 2.78 bits per heavy atom. The highest BCUT2D eigenvalue weighted by Gasteiger charge is 2.30. The van der Waals surface area contributed by atoms with Crippen LogP contribution in [-0.4, -0.2) is 35.4 Å². The second-order valence-corrected chi connectivity index (χ2v) is 4.47. The monoisotopic (exact) mass is 249 g/mol. The predicted octanol–water partition coefficient (Wildman–Crippen LogP) is 1.55. The molecule has 96 valence electrons. The number of hydrogen-bond donors (Lipinski definition) is 1. The van der Waals surface area contributed by atoms with Crippen LogP contribution in [0.15, 0.2) is 18.2 Å². The highest BCUT2D eigenvalue weighted by Crippen LogP contribution is 2.29. The summed E-state index contributed by atoms with van der Waals surface area (Å²) in [6, 6.07) is 4.70. The van der Waals surface area contributed by atoms with Gasteiger partial charge in [-0.1, -0.05) is 12.1 Å². The number of nitro groups is 1. The van der Waals surface area contributed by atoms with Crippen molar-refractivity contribution in [1.29, 1.82) is 0 Å². The van der Waals surface area contributed by atoms with Crippen LogP contribution in [0.3, 0.4) is 0 Å². The number of carbonyl (C=O) groups is 1. The van der Waals surface area contributed by atoms with Crippen molar-refractivity contribution >= 4 is 17.3 Å². The zero-order valence-electron chi connectivity index (χ0n) is 10.3. The minimum absolute atomic E-state index is 0.0224. The molecule has 6 heteroatoms. The summed E-state index contributed by atoms with van der Waals surface area (Å²) in [5.74, 6) is -0.0224. The van der Waals surface area contributed by atoms with Crippen LogP contribution in [0.4, 0.5) is 11.4 Å². The first-order valence-electron chi connectivity index (χ1n) is 5.76. The maximum Gasteiger partial charge on any atom is 0.295 e. The molecule has 6 nitrogen and oxygen atoms in total. The number of amides is 1. The Balaban J connectivity index is 2.27. The Morgan fingerprint density at radius 2 is 2.22 bits per heavy atom. The molecule has 1 N–H and O–H groups in total. The first-order valence-corrected chi connectivity index (χ1v) is 5.76. The van der Waals surface area contributed by atoms with Crippen LogP contribution < -0.4 is 5.32 Å². The lowest BCUT2D eigenvalue weighted by Crippen LogP contribution is -2.31. The number of aryl methyl sites for hydroxylation is 1. The fourth-order valence-electron chi connectivity index (χ4n) is 2.16. The van der Waals surface area contributed by atoms with E-state index < -0.39 is 4.92 Å². The van der Waals surface area contributed by atoms with Gasteiger partial charge >= 0.3 is 0 Å². The van der Waals surface area contributed by atoms with Gasteiger partial charge in [0.2, 0.25) is 5.91 Å². The van der Waals surface area contributed by atoms with Gasteiger partial charge in [0.1, 0.15) is 11.7 Å². The molecule has 1 unspecified atom stereocenters. The number of hydrogen-bond acceptors (Lipinski definition) is 4. The first kappa shape index (κ1) is 12.3. The van der Waals surface area contributed by atoms with E-state index in [9.17, 15) is 14.9 Å². The van der Waals surface area contributed by atoms with Crippen molar-refractivity contribution in [3.8, 4) is 0 Å². The molecule has 18 heavy (non-hydrogen) atoms. The van der Waals surface area contributed by atoms with Crippen molar-refractivity contribution in [3.05, 3.63) is 33.9 Å². The lowest BCUT2D eigenvalue weighted by atomic mass is 10.1. The molecular weight excluding hydrogens is 234 g/mol. The predicted molar refractivity (Wildman–Crippen MR) is 67.5 cm³/mol. The van der Waals surface area contributed by atoms with Crippen LogP contribution in [-0.2, 0) is 4.79 Å². The Morgan fingerprint density at radius 1 is 1.50 bits per heavy atom. The van der Waals surface area contributed by atoms with Gasteiger partial charge in [-0.3, -0.25) is 14.9 Å². The maximum atomic E-state index is 11.8. The average molecular weight is 249 g/mol. The van der Waals surface area contributed by atoms with Crippen LogP contribution in [0.5, 0.6) is 0 Å². The molecular formula is C12H15N3O3. The number of likely N-dealkylation sites (tertiary alicyclic amines) is 1. The van der Waals surface area contributed by atoms with Gasteiger partial charge in [-0.15, -0.1) is 0 Å². The number of para-hydroxylation sites is 1. The van der Waals surface area contributed by atoms with Crippen LogP contribution in [0, 0.1) is 17.0 Å². The summed E-state index contributed by atoms with van der Waals surface area (Å²) in [5, 5.41) is 14.0. The molecule has 0 saturated carbocycles. The Kier molecular flexibility index (Phi) is 3.18. The average Bonchev–Trinajstić information content (AvgIpc) is 2.60. The Hall–Kier alpha value is -2.11. The van der Waals surface area contributed by atoms with E-state index in [1.165, 1.54) is 0 Å². The molecule has 1 amide bonds. The Labute approximate surface area is 105 Å². The molecule has 1 aliphatic rings. The van der Waals surface area contributed by atoms with E-state index in [0.29, 0.717) is 24.2 Å². The zero-order valence-corrected chi connectivity index (χ0v) is 10.3. The number of carbonyl (C=O) groups excluding carboxylic acids is 1. The lowest BCUT2D eigenvalue weighted by Gasteiger charge is -2.14. The summed E-state index contributed by atoms with van der Waals surface area (Å²) < 4.78 is 0. The summed E-state index contributed by atoms with van der Waals surface area (Å²) in [7, 11) is 1.73. The topological polar surface area (TPSA) is 75.5 Å². The summed E-state index contributed by atoms with van der Waals surface area (Å²) in [5.41, 5.74) is 1.04. The SMILES string of the molecule is Cc1cccc(NC2CCN(C)C2=O)c1[N+](=O)[O-]. The molecule has 1 aromatic rings. The third-order valence-electron chi connectivity index (χ3n) is 3.18. The van der Waals surface area contributed by atoms with E-state index in [-0.39, 0.29) is 17.6 Å². The van der Waals surface area contributed by atoms with Crippen molar-refractivity contribution in [1.82, 2.24) is 4.90 Å². The summed E-state index contributed by atoms with van der Waals surface area (Å²) in [4.78, 5) is 24.0. The standard InChI is InChI=1S/C12H15N3O3/c1-8-4-3-5-9(11(8)15(17)18)13-10-6-7-14(2)12(10)16/h3-5,10,13H,6-7H2,1-2H3.